The van der Waals surface area contributed by atoms with Gasteiger partial charge in [-0.2, -0.15) is 0 Å². The Labute approximate surface area is 170 Å². The molecule has 0 radical (unpaired) electrons. The fraction of sp³-hybridized carbons (Fsp3) is 0.294. The van der Waals surface area contributed by atoms with Gasteiger partial charge in [-0.3, -0.25) is 9.36 Å². The Kier molecular flexibility index (Phi) is 6.06. The summed E-state index contributed by atoms with van der Waals surface area (Å²) in [6.07, 6.45) is 3.40. The molecular formula is C17H19ClN4OU. The number of hydrogen-bond donors (Lipinski definition) is 1. The number of rotatable bonds is 2. The molecule has 1 aliphatic rings. The quantitative estimate of drug-likeness (QED) is 0.447. The summed E-state index contributed by atoms with van der Waals surface area (Å²) in [5.41, 5.74) is 7.52. The molecule has 2 atom stereocenters. The van der Waals surface area contributed by atoms with Crippen molar-refractivity contribution in [2.45, 2.75) is 24.9 Å². The number of nitrogens with two attached hydrogens (primary N) is 1. The van der Waals surface area contributed by atoms with Gasteiger partial charge in [0.25, 0.3) is 5.56 Å². The zero-order chi connectivity index (χ0) is 16.7. The molecule has 2 aromatic heterocycles. The van der Waals surface area contributed by atoms with Gasteiger partial charge in [0.1, 0.15) is 11.0 Å². The first-order valence-corrected chi connectivity index (χ1v) is 7.83. The van der Waals surface area contributed by atoms with E-state index in [-0.39, 0.29) is 48.8 Å². The summed E-state index contributed by atoms with van der Waals surface area (Å²) in [5.74, 6) is 0.781. The molecule has 3 heterocycles. The standard InChI is InChI=1S/C17H19ClN4O.U/c1-10-4-5-11(2)22(10)15-6-12(7-16(23)21(15)3)14-8-13(19)9-20-17(14)18;/h6-11H,1-2,4-5,19H2,3H3;/q-2;+2. The first-order chi connectivity index (χ1) is 10.9. The molecule has 0 spiro atoms. The van der Waals surface area contributed by atoms with Gasteiger partial charge in [0.2, 0.25) is 0 Å². The van der Waals surface area contributed by atoms with E-state index in [1.165, 1.54) is 12.3 Å². The molecule has 2 aromatic rings. The van der Waals surface area contributed by atoms with E-state index < -0.39 is 0 Å². The van der Waals surface area contributed by atoms with Crippen LogP contribution in [-0.2, 0) is 7.05 Å². The van der Waals surface area contributed by atoms with E-state index in [2.05, 4.69) is 23.7 Å². The summed E-state index contributed by atoms with van der Waals surface area (Å²) in [7, 11) is 1.75. The second-order valence-electron chi connectivity index (χ2n) is 5.90. The Morgan fingerprint density at radius 2 is 1.88 bits per heavy atom. The van der Waals surface area contributed by atoms with Crippen molar-refractivity contribution in [1.29, 1.82) is 0 Å². The van der Waals surface area contributed by atoms with Crippen LogP contribution in [0, 0.1) is 45.0 Å². The number of anilines is 2. The first kappa shape index (κ1) is 19.4. The van der Waals surface area contributed by atoms with E-state index in [0.717, 1.165) is 18.7 Å². The minimum absolute atomic E-state index is 0. The molecule has 7 heteroatoms. The van der Waals surface area contributed by atoms with E-state index in [9.17, 15) is 4.79 Å². The van der Waals surface area contributed by atoms with Crippen LogP contribution in [0.4, 0.5) is 11.5 Å². The molecule has 1 saturated heterocycles. The Morgan fingerprint density at radius 1 is 1.25 bits per heavy atom. The minimum Gasteiger partial charge on any atom is -0.412 e. The molecule has 124 valence electrons. The summed E-state index contributed by atoms with van der Waals surface area (Å²) in [5, 5.41) is 0.317. The maximum absolute atomic E-state index is 12.4. The van der Waals surface area contributed by atoms with Crippen LogP contribution in [0.3, 0.4) is 0 Å². The maximum Gasteiger partial charge on any atom is 2.00 e. The monoisotopic (exact) mass is 568 g/mol. The van der Waals surface area contributed by atoms with Crippen LogP contribution < -0.4 is 16.2 Å². The van der Waals surface area contributed by atoms with E-state index in [4.69, 9.17) is 17.3 Å². The Bertz CT molecular complexity index is 798. The SMILES string of the molecule is [CH2-]C1CCC([CH2-])N1c1cc(-c2cc(N)cnc2Cl)cc(=O)n1C.[U+2]. The number of nitrogens with zero attached hydrogens (tertiary/aromatic N) is 3. The fourth-order valence-electron chi connectivity index (χ4n) is 3.03. The number of nitrogen functional groups attached to an aromatic ring is 1. The number of hydrogen-bond acceptors (Lipinski definition) is 4. The van der Waals surface area contributed by atoms with Gasteiger partial charge in [-0.1, -0.05) is 36.5 Å². The van der Waals surface area contributed by atoms with Crippen molar-refractivity contribution in [2.24, 2.45) is 7.05 Å². The zero-order valence-electron chi connectivity index (χ0n) is 13.5. The van der Waals surface area contributed by atoms with Crippen LogP contribution in [0.5, 0.6) is 0 Å². The average molecular weight is 569 g/mol. The number of pyridine rings is 2. The predicted molar refractivity (Wildman–Crippen MR) is 94.3 cm³/mol. The van der Waals surface area contributed by atoms with Gasteiger partial charge in [-0.05, 0) is 17.7 Å². The molecule has 3 rings (SSSR count). The topological polar surface area (TPSA) is 64.2 Å². The Balaban J connectivity index is 0.00000208. The van der Waals surface area contributed by atoms with Crippen molar-refractivity contribution >= 4 is 23.1 Å². The van der Waals surface area contributed by atoms with Crippen LogP contribution in [0.15, 0.2) is 29.2 Å². The van der Waals surface area contributed by atoms with Gasteiger partial charge < -0.3 is 24.5 Å². The van der Waals surface area contributed by atoms with Crippen molar-refractivity contribution in [1.82, 2.24) is 9.55 Å². The van der Waals surface area contributed by atoms with E-state index in [1.807, 2.05) is 6.07 Å². The summed E-state index contributed by atoms with van der Waals surface area (Å²) < 4.78 is 1.61. The zero-order valence-corrected chi connectivity index (χ0v) is 18.4. The van der Waals surface area contributed by atoms with Gasteiger partial charge in [-0.25, -0.2) is 4.98 Å². The van der Waals surface area contributed by atoms with Crippen molar-refractivity contribution in [3.63, 3.8) is 0 Å². The van der Waals surface area contributed by atoms with Crippen LogP contribution in [0.1, 0.15) is 12.8 Å². The molecule has 0 aromatic carbocycles. The van der Waals surface area contributed by atoms with Gasteiger partial charge in [0.15, 0.2) is 0 Å². The normalized spacial score (nSPS) is 20.1. The van der Waals surface area contributed by atoms with Crippen LogP contribution >= 0.6 is 11.6 Å². The van der Waals surface area contributed by atoms with Gasteiger partial charge in [0, 0.05) is 18.7 Å². The molecule has 0 saturated carbocycles. The van der Waals surface area contributed by atoms with Crippen molar-refractivity contribution in [3.8, 4) is 11.1 Å². The molecule has 5 nitrogen and oxygen atoms in total. The molecule has 0 bridgehead atoms. The van der Waals surface area contributed by atoms with Crippen LogP contribution in [0.25, 0.3) is 11.1 Å². The summed E-state index contributed by atoms with van der Waals surface area (Å²) in [6.45, 7) is 8.33. The summed E-state index contributed by atoms with van der Waals surface area (Å²) in [4.78, 5) is 18.5. The third-order valence-corrected chi connectivity index (χ3v) is 4.59. The largest absolute Gasteiger partial charge is 2.00 e. The van der Waals surface area contributed by atoms with E-state index in [0.29, 0.717) is 22.0 Å². The molecule has 24 heavy (non-hydrogen) atoms. The van der Waals surface area contributed by atoms with Crippen LogP contribution in [0.2, 0.25) is 5.15 Å². The molecular weight excluding hydrogens is 550 g/mol. The van der Waals surface area contributed by atoms with E-state index in [1.54, 1.807) is 17.7 Å². The van der Waals surface area contributed by atoms with Crippen molar-refractivity contribution in [3.05, 3.63) is 53.8 Å². The molecule has 0 aliphatic carbocycles. The van der Waals surface area contributed by atoms with Crippen LogP contribution in [-0.4, -0.2) is 21.6 Å². The van der Waals surface area contributed by atoms with E-state index >= 15 is 0 Å². The molecule has 1 aliphatic heterocycles. The second-order valence-corrected chi connectivity index (χ2v) is 6.26. The maximum atomic E-state index is 12.4. The fourth-order valence-corrected chi connectivity index (χ4v) is 3.24. The smallest absolute Gasteiger partial charge is 0.412 e. The van der Waals surface area contributed by atoms with Crippen molar-refractivity contribution in [2.75, 3.05) is 10.6 Å². The Morgan fingerprint density at radius 3 is 2.50 bits per heavy atom. The second kappa shape index (κ2) is 7.51. The summed E-state index contributed by atoms with van der Waals surface area (Å²) >= 11 is 6.18. The summed E-state index contributed by atoms with van der Waals surface area (Å²) in [6, 6.07) is 5.37. The number of halogens is 1. The number of aromatic nitrogens is 2. The molecule has 2 N–H and O–H groups in total. The van der Waals surface area contributed by atoms with Gasteiger partial charge >= 0.3 is 31.1 Å². The first-order valence-electron chi connectivity index (χ1n) is 7.45. The third-order valence-electron chi connectivity index (χ3n) is 4.29. The average Bonchev–Trinajstić information content (AvgIpc) is 2.84. The van der Waals surface area contributed by atoms with Crippen molar-refractivity contribution < 1.29 is 31.1 Å². The predicted octanol–water partition coefficient (Wildman–Crippen LogP) is 2.69. The molecule has 1 fully saturated rings. The minimum atomic E-state index is -0.123. The van der Waals surface area contributed by atoms with Gasteiger partial charge in [-0.15, -0.1) is 0 Å². The molecule has 0 amide bonds. The van der Waals surface area contributed by atoms with Gasteiger partial charge in [0.05, 0.1) is 11.9 Å². The molecule has 2 unspecified atom stereocenters. The third kappa shape index (κ3) is 3.51. The Hall–Kier alpha value is -0.958.